The quantitative estimate of drug-likeness (QED) is 0.592. The molecule has 132 valence electrons. The fraction of sp³-hybridized carbons (Fsp3) is 0.526. The van der Waals surface area contributed by atoms with E-state index in [9.17, 15) is 0 Å². The fourth-order valence-electron chi connectivity index (χ4n) is 2.75. The zero-order valence-corrected chi connectivity index (χ0v) is 15.1. The van der Waals surface area contributed by atoms with Crippen LogP contribution in [-0.4, -0.2) is 30.4 Å². The summed E-state index contributed by atoms with van der Waals surface area (Å²) in [5, 5.41) is 13.8. The van der Waals surface area contributed by atoms with Gasteiger partial charge in [-0.05, 0) is 43.7 Å². The summed E-state index contributed by atoms with van der Waals surface area (Å²) in [4.78, 5) is 4.68. The average molecular weight is 351 g/mol. The molecule has 0 aliphatic heterocycles. The highest BCUT2D eigenvalue weighted by Crippen LogP contribution is 2.29. The lowest BCUT2D eigenvalue weighted by atomic mass is 10.1. The fourth-order valence-corrected chi connectivity index (χ4v) is 2.96. The number of methoxy groups -OCH3 is 1. The number of aromatic nitrogens is 1. The van der Waals surface area contributed by atoms with Gasteiger partial charge in [-0.15, -0.1) is 0 Å². The highest BCUT2D eigenvalue weighted by Gasteiger charge is 2.07. The first kappa shape index (κ1) is 19.0. The number of unbranched alkanes of at least 4 members (excludes halogenated alkanes) is 5. The zero-order chi connectivity index (χ0) is 17.2. The largest absolute Gasteiger partial charge is 0.494 e. The number of pyridine rings is 1. The molecule has 0 radical (unpaired) electrons. The van der Waals surface area contributed by atoms with Gasteiger partial charge >= 0.3 is 0 Å². The Morgan fingerprint density at radius 2 is 1.79 bits per heavy atom. The third kappa shape index (κ3) is 5.62. The number of aliphatic hydroxyl groups is 1. The van der Waals surface area contributed by atoms with Crippen LogP contribution in [0.5, 0.6) is 5.75 Å². The highest BCUT2D eigenvalue weighted by atomic mass is 35.5. The molecule has 0 fully saturated rings. The van der Waals surface area contributed by atoms with E-state index in [-0.39, 0.29) is 0 Å². The van der Waals surface area contributed by atoms with E-state index in [0.717, 1.165) is 48.3 Å². The van der Waals surface area contributed by atoms with E-state index in [1.165, 1.54) is 25.7 Å². The molecule has 1 heterocycles. The maximum Gasteiger partial charge on any atom is 0.145 e. The molecule has 4 nitrogen and oxygen atoms in total. The van der Waals surface area contributed by atoms with Crippen molar-refractivity contribution in [2.75, 3.05) is 20.3 Å². The van der Waals surface area contributed by atoms with Crippen LogP contribution in [0.25, 0.3) is 10.9 Å². The third-order valence-corrected chi connectivity index (χ3v) is 4.44. The summed E-state index contributed by atoms with van der Waals surface area (Å²) in [7, 11) is 1.65. The van der Waals surface area contributed by atoms with Gasteiger partial charge in [-0.3, -0.25) is 0 Å². The summed E-state index contributed by atoms with van der Waals surface area (Å²) in [5.41, 5.74) is 1.80. The second-order valence-corrected chi connectivity index (χ2v) is 6.38. The molecule has 0 saturated carbocycles. The minimum Gasteiger partial charge on any atom is -0.494 e. The first-order valence-electron chi connectivity index (χ1n) is 8.70. The van der Waals surface area contributed by atoms with Gasteiger partial charge in [0.25, 0.3) is 0 Å². The number of nitrogens with one attached hydrogen (secondary N) is 1. The predicted molar refractivity (Wildman–Crippen MR) is 99.8 cm³/mol. The van der Waals surface area contributed by atoms with E-state index in [1.54, 1.807) is 7.11 Å². The van der Waals surface area contributed by atoms with Crippen LogP contribution in [-0.2, 0) is 6.54 Å². The Balaban J connectivity index is 1.77. The Kier molecular flexibility index (Phi) is 8.29. The number of halogens is 1. The Bertz CT molecular complexity index is 634. The predicted octanol–water partition coefficient (Wildman–Crippen LogP) is 4.32. The van der Waals surface area contributed by atoms with Gasteiger partial charge in [0.15, 0.2) is 0 Å². The maximum atomic E-state index is 8.73. The number of rotatable bonds is 11. The monoisotopic (exact) mass is 350 g/mol. The van der Waals surface area contributed by atoms with Crippen molar-refractivity contribution in [2.45, 2.75) is 45.1 Å². The third-order valence-electron chi connectivity index (χ3n) is 4.11. The van der Waals surface area contributed by atoms with Gasteiger partial charge in [0.05, 0.1) is 17.8 Å². The topological polar surface area (TPSA) is 54.4 Å². The molecule has 0 bridgehead atoms. The van der Waals surface area contributed by atoms with Crippen LogP contribution in [0.1, 0.15) is 44.2 Å². The molecule has 24 heavy (non-hydrogen) atoms. The van der Waals surface area contributed by atoms with E-state index in [1.807, 2.05) is 24.3 Å². The summed E-state index contributed by atoms with van der Waals surface area (Å²) in [5.74, 6) is 0.749. The lowest BCUT2D eigenvalue weighted by Gasteiger charge is -2.09. The molecular formula is C19H27ClN2O2. The SMILES string of the molecule is COc1ccc(Cl)c2ccc(CNCCCCCCCCO)nc12. The van der Waals surface area contributed by atoms with E-state index < -0.39 is 0 Å². The number of hydrogen-bond donors (Lipinski definition) is 2. The Labute approximate surface area is 149 Å². The first-order chi connectivity index (χ1) is 11.8. The van der Waals surface area contributed by atoms with Crippen molar-refractivity contribution in [3.63, 3.8) is 0 Å². The first-order valence-corrected chi connectivity index (χ1v) is 9.07. The summed E-state index contributed by atoms with van der Waals surface area (Å²) >= 11 is 6.22. The lowest BCUT2D eigenvalue weighted by Crippen LogP contribution is -2.15. The smallest absolute Gasteiger partial charge is 0.145 e. The van der Waals surface area contributed by atoms with E-state index in [2.05, 4.69) is 10.3 Å². The second kappa shape index (κ2) is 10.5. The standard InChI is InChI=1S/C19H27ClN2O2/c1-24-18-11-10-17(20)16-9-8-15(22-19(16)18)14-21-12-6-4-2-3-5-7-13-23/h8-11,21,23H,2-7,12-14H2,1H3. The van der Waals surface area contributed by atoms with Crippen molar-refractivity contribution >= 4 is 22.5 Å². The molecule has 0 saturated heterocycles. The van der Waals surface area contributed by atoms with Crippen LogP contribution in [0.2, 0.25) is 5.02 Å². The highest BCUT2D eigenvalue weighted by molar-refractivity contribution is 6.35. The van der Waals surface area contributed by atoms with Crippen LogP contribution >= 0.6 is 11.6 Å². The van der Waals surface area contributed by atoms with Gasteiger partial charge in [0.1, 0.15) is 11.3 Å². The minimum atomic E-state index is 0.316. The van der Waals surface area contributed by atoms with E-state index in [4.69, 9.17) is 21.4 Å². The number of fused-ring (bicyclic) bond motifs is 1. The molecule has 0 unspecified atom stereocenters. The number of hydrogen-bond acceptors (Lipinski definition) is 4. The molecule has 2 rings (SSSR count). The molecule has 1 aromatic carbocycles. The van der Waals surface area contributed by atoms with Gasteiger partial charge in [-0.25, -0.2) is 4.98 Å². The van der Waals surface area contributed by atoms with Gasteiger partial charge in [-0.2, -0.15) is 0 Å². The van der Waals surface area contributed by atoms with Gasteiger partial charge < -0.3 is 15.2 Å². The van der Waals surface area contributed by atoms with Gasteiger partial charge in [0.2, 0.25) is 0 Å². The Morgan fingerprint density at radius 1 is 1.04 bits per heavy atom. The lowest BCUT2D eigenvalue weighted by molar-refractivity contribution is 0.282. The van der Waals surface area contributed by atoms with Crippen molar-refractivity contribution in [1.82, 2.24) is 10.3 Å². The van der Waals surface area contributed by atoms with Crippen LogP contribution in [0.3, 0.4) is 0 Å². The van der Waals surface area contributed by atoms with Crippen molar-refractivity contribution in [1.29, 1.82) is 0 Å². The summed E-state index contributed by atoms with van der Waals surface area (Å²) in [6, 6.07) is 7.70. The molecule has 0 atom stereocenters. The number of aliphatic hydroxyl groups excluding tert-OH is 1. The van der Waals surface area contributed by atoms with Crippen molar-refractivity contribution in [3.05, 3.63) is 35.0 Å². The normalized spacial score (nSPS) is 11.1. The molecule has 0 amide bonds. The average Bonchev–Trinajstić information content (AvgIpc) is 2.60. The number of benzene rings is 1. The number of ether oxygens (including phenoxy) is 1. The van der Waals surface area contributed by atoms with Crippen LogP contribution in [0.15, 0.2) is 24.3 Å². The van der Waals surface area contributed by atoms with Crippen LogP contribution in [0.4, 0.5) is 0 Å². The van der Waals surface area contributed by atoms with Gasteiger partial charge in [0, 0.05) is 18.5 Å². The molecule has 1 aromatic heterocycles. The molecule has 5 heteroatoms. The van der Waals surface area contributed by atoms with Crippen molar-refractivity contribution < 1.29 is 9.84 Å². The summed E-state index contributed by atoms with van der Waals surface area (Å²) < 4.78 is 5.38. The summed E-state index contributed by atoms with van der Waals surface area (Å²) in [6.07, 6.45) is 6.92. The molecule has 0 aliphatic carbocycles. The van der Waals surface area contributed by atoms with E-state index >= 15 is 0 Å². The molecule has 0 aliphatic rings. The number of nitrogens with zero attached hydrogens (tertiary/aromatic N) is 1. The van der Waals surface area contributed by atoms with Crippen molar-refractivity contribution in [2.24, 2.45) is 0 Å². The Hall–Kier alpha value is -1.36. The Morgan fingerprint density at radius 3 is 2.54 bits per heavy atom. The van der Waals surface area contributed by atoms with Crippen LogP contribution in [0, 0.1) is 0 Å². The van der Waals surface area contributed by atoms with Crippen molar-refractivity contribution in [3.8, 4) is 5.75 Å². The van der Waals surface area contributed by atoms with Crippen LogP contribution < -0.4 is 10.1 Å². The summed E-state index contributed by atoms with van der Waals surface area (Å²) in [6.45, 7) is 2.05. The van der Waals surface area contributed by atoms with Gasteiger partial charge in [-0.1, -0.05) is 37.3 Å². The molecular weight excluding hydrogens is 324 g/mol. The minimum absolute atomic E-state index is 0.316. The second-order valence-electron chi connectivity index (χ2n) is 5.97. The molecule has 2 aromatic rings. The molecule has 0 spiro atoms. The zero-order valence-electron chi connectivity index (χ0n) is 14.4. The van der Waals surface area contributed by atoms with E-state index in [0.29, 0.717) is 11.6 Å². The molecule has 2 N–H and O–H groups in total. The maximum absolute atomic E-state index is 8.73.